The second-order valence-corrected chi connectivity index (χ2v) is 3.89. The molecule has 0 radical (unpaired) electrons. The summed E-state index contributed by atoms with van der Waals surface area (Å²) >= 11 is 6.83. The number of nitro benzene ring substituents is 1. The van der Waals surface area contributed by atoms with Crippen molar-refractivity contribution >= 4 is 45.1 Å². The molecule has 5 nitrogen and oxygen atoms in total. The van der Waals surface area contributed by atoms with Crippen LogP contribution in [0.4, 0.5) is 5.69 Å². The second kappa shape index (κ2) is 4.55. The number of nitro groups is 1. The highest BCUT2D eigenvalue weighted by molar-refractivity contribution is 14.1. The lowest BCUT2D eigenvalue weighted by Crippen LogP contribution is -2.02. The lowest BCUT2D eigenvalue weighted by Gasteiger charge is -2.01. The van der Waals surface area contributed by atoms with Crippen LogP contribution in [-0.2, 0) is 0 Å². The van der Waals surface area contributed by atoms with Gasteiger partial charge in [0.05, 0.1) is 10.5 Å². The van der Waals surface area contributed by atoms with E-state index >= 15 is 0 Å². The summed E-state index contributed by atoms with van der Waals surface area (Å²) in [5.41, 5.74) is -0.483. The molecule has 0 fully saturated rings. The van der Waals surface area contributed by atoms with Gasteiger partial charge in [-0.2, -0.15) is 5.26 Å². The molecule has 1 aromatic carbocycles. The smallest absolute Gasteiger partial charge is 0.275 e. The first kappa shape index (κ1) is 11.9. The summed E-state index contributed by atoms with van der Waals surface area (Å²) in [5, 5.41) is 18.4. The Morgan fingerprint density at radius 2 is 2.20 bits per heavy atom. The third-order valence-electron chi connectivity index (χ3n) is 1.63. The molecule has 0 saturated heterocycles. The van der Waals surface area contributed by atoms with Crippen LogP contribution in [0.15, 0.2) is 12.1 Å². The van der Waals surface area contributed by atoms with Gasteiger partial charge in [-0.25, -0.2) is 0 Å². The molecule has 1 rings (SSSR count). The van der Waals surface area contributed by atoms with Crippen LogP contribution in [0, 0.1) is 25.0 Å². The third-order valence-corrected chi connectivity index (χ3v) is 2.93. The molecule has 7 heteroatoms. The zero-order valence-corrected chi connectivity index (χ0v) is 9.94. The Morgan fingerprint density at radius 3 is 2.60 bits per heavy atom. The highest BCUT2D eigenvalue weighted by Gasteiger charge is 2.24. The molecule has 1 aromatic rings. The summed E-state index contributed by atoms with van der Waals surface area (Å²) in [7, 11) is 0. The summed E-state index contributed by atoms with van der Waals surface area (Å²) in [5.74, 6) is 0. The number of benzene rings is 1. The molecule has 0 aliphatic rings. The molecule has 0 heterocycles. The first-order chi connectivity index (χ1) is 6.99. The standard InChI is InChI=1S/C8H2ClIN2O3/c9-8(13)5-2-1-4(3-11)6(10)7(5)12(14)15/h1-2H. The fourth-order valence-electron chi connectivity index (χ4n) is 0.988. The number of carbonyl (C=O) groups is 1. The van der Waals surface area contributed by atoms with Gasteiger partial charge in [-0.3, -0.25) is 14.9 Å². The average molecular weight is 336 g/mol. The van der Waals surface area contributed by atoms with Gasteiger partial charge in [-0.15, -0.1) is 0 Å². The maximum absolute atomic E-state index is 10.9. The van der Waals surface area contributed by atoms with E-state index in [4.69, 9.17) is 16.9 Å². The van der Waals surface area contributed by atoms with Gasteiger partial charge in [-0.05, 0) is 46.3 Å². The monoisotopic (exact) mass is 336 g/mol. The van der Waals surface area contributed by atoms with E-state index in [1.807, 2.05) is 0 Å². The van der Waals surface area contributed by atoms with Gasteiger partial charge >= 0.3 is 0 Å². The molecule has 0 aliphatic carbocycles. The van der Waals surface area contributed by atoms with Crippen LogP contribution in [0.1, 0.15) is 15.9 Å². The number of rotatable bonds is 2. The zero-order valence-electron chi connectivity index (χ0n) is 7.03. The van der Waals surface area contributed by atoms with Gasteiger partial charge in [0.2, 0.25) is 0 Å². The number of carbonyl (C=O) groups excluding carboxylic acids is 1. The molecule has 0 unspecified atom stereocenters. The summed E-state index contributed by atoms with van der Waals surface area (Å²) in [6.45, 7) is 0. The Hall–Kier alpha value is -1.20. The summed E-state index contributed by atoms with van der Waals surface area (Å²) in [6, 6.07) is 4.29. The molecular formula is C8H2ClIN2O3. The minimum absolute atomic E-state index is 0.117. The van der Waals surface area contributed by atoms with Crippen molar-refractivity contribution in [2.45, 2.75) is 0 Å². The summed E-state index contributed by atoms with van der Waals surface area (Å²) in [6.07, 6.45) is 0. The first-order valence-electron chi connectivity index (χ1n) is 3.56. The van der Waals surface area contributed by atoms with Crippen LogP contribution in [0.25, 0.3) is 0 Å². The van der Waals surface area contributed by atoms with Crippen LogP contribution >= 0.6 is 34.2 Å². The Labute approximate surface area is 103 Å². The van der Waals surface area contributed by atoms with Crippen molar-refractivity contribution in [3.05, 3.63) is 36.9 Å². The number of nitrogens with zero attached hydrogens (tertiary/aromatic N) is 2. The van der Waals surface area contributed by atoms with Crippen LogP contribution < -0.4 is 0 Å². The van der Waals surface area contributed by atoms with Crippen molar-refractivity contribution in [2.75, 3.05) is 0 Å². The fourth-order valence-corrected chi connectivity index (χ4v) is 1.93. The fraction of sp³-hybridized carbons (Fsp3) is 0. The Morgan fingerprint density at radius 1 is 1.60 bits per heavy atom. The van der Waals surface area contributed by atoms with Gasteiger partial charge in [0, 0.05) is 0 Å². The van der Waals surface area contributed by atoms with Gasteiger partial charge in [0.25, 0.3) is 10.9 Å². The van der Waals surface area contributed by atoms with Gasteiger partial charge in [0.15, 0.2) is 0 Å². The molecule has 0 aromatic heterocycles. The normalized spacial score (nSPS) is 9.40. The van der Waals surface area contributed by atoms with Crippen LogP contribution in [0.3, 0.4) is 0 Å². The minimum atomic E-state index is -0.913. The Bertz CT molecular complexity index is 495. The average Bonchev–Trinajstić information content (AvgIpc) is 2.16. The third kappa shape index (κ3) is 2.24. The molecule has 0 N–H and O–H groups in total. The summed E-state index contributed by atoms with van der Waals surface area (Å²) < 4.78 is 0.117. The Kier molecular flexibility index (Phi) is 3.60. The number of hydrogen-bond donors (Lipinski definition) is 0. The van der Waals surface area contributed by atoms with Crippen molar-refractivity contribution in [3.63, 3.8) is 0 Å². The van der Waals surface area contributed by atoms with E-state index in [1.165, 1.54) is 12.1 Å². The van der Waals surface area contributed by atoms with Crippen molar-refractivity contribution < 1.29 is 9.72 Å². The van der Waals surface area contributed by atoms with E-state index in [-0.39, 0.29) is 14.7 Å². The highest BCUT2D eigenvalue weighted by atomic mass is 127. The molecule has 0 amide bonds. The van der Waals surface area contributed by atoms with Crippen LogP contribution in [-0.4, -0.2) is 10.2 Å². The van der Waals surface area contributed by atoms with Crippen molar-refractivity contribution in [1.82, 2.24) is 0 Å². The Balaban J connectivity index is 3.60. The molecule has 0 aliphatic heterocycles. The largest absolute Gasteiger partial charge is 0.296 e. The van der Waals surface area contributed by atoms with E-state index in [1.54, 1.807) is 28.7 Å². The van der Waals surface area contributed by atoms with Crippen LogP contribution in [0.5, 0.6) is 0 Å². The predicted molar refractivity (Wildman–Crippen MR) is 60.7 cm³/mol. The van der Waals surface area contributed by atoms with Gasteiger partial charge in [-0.1, -0.05) is 0 Å². The predicted octanol–water partition coefficient (Wildman–Crippen LogP) is 2.45. The summed E-state index contributed by atoms with van der Waals surface area (Å²) in [4.78, 5) is 20.9. The topological polar surface area (TPSA) is 84.0 Å². The first-order valence-corrected chi connectivity index (χ1v) is 5.01. The van der Waals surface area contributed by atoms with E-state index < -0.39 is 15.9 Å². The SMILES string of the molecule is N#Cc1ccc(C(=O)Cl)c([N+](=O)[O-])c1I. The maximum Gasteiger partial charge on any atom is 0.296 e. The number of halogens is 2. The van der Waals surface area contributed by atoms with Gasteiger partial charge < -0.3 is 0 Å². The van der Waals surface area contributed by atoms with E-state index in [0.717, 1.165) is 0 Å². The highest BCUT2D eigenvalue weighted by Crippen LogP contribution is 2.29. The zero-order chi connectivity index (χ0) is 11.6. The lowest BCUT2D eigenvalue weighted by atomic mass is 10.1. The van der Waals surface area contributed by atoms with Gasteiger partial charge in [0.1, 0.15) is 15.2 Å². The molecule has 15 heavy (non-hydrogen) atoms. The van der Waals surface area contributed by atoms with Crippen molar-refractivity contribution in [3.8, 4) is 6.07 Å². The molecular weight excluding hydrogens is 334 g/mol. The number of nitriles is 1. The molecule has 0 saturated carbocycles. The molecule has 0 spiro atoms. The second-order valence-electron chi connectivity index (χ2n) is 2.47. The minimum Gasteiger partial charge on any atom is -0.275 e. The lowest BCUT2D eigenvalue weighted by molar-refractivity contribution is -0.386. The molecule has 76 valence electrons. The van der Waals surface area contributed by atoms with Crippen molar-refractivity contribution in [1.29, 1.82) is 5.26 Å². The number of hydrogen-bond acceptors (Lipinski definition) is 4. The van der Waals surface area contributed by atoms with Crippen LogP contribution in [0.2, 0.25) is 0 Å². The molecule has 0 atom stereocenters. The van der Waals surface area contributed by atoms with E-state index in [2.05, 4.69) is 0 Å². The van der Waals surface area contributed by atoms with Crippen molar-refractivity contribution in [2.24, 2.45) is 0 Å². The van der Waals surface area contributed by atoms with E-state index in [0.29, 0.717) is 0 Å². The quantitative estimate of drug-likeness (QED) is 0.359. The van der Waals surface area contributed by atoms with E-state index in [9.17, 15) is 14.9 Å². The molecule has 0 bridgehead atoms. The maximum atomic E-state index is 10.9.